The second-order valence-electron chi connectivity index (χ2n) is 2.78. The van der Waals surface area contributed by atoms with E-state index < -0.39 is 21.2 Å². The molecule has 4 nitrogen and oxygen atoms in total. The number of ketones is 1. The summed E-state index contributed by atoms with van der Waals surface area (Å²) in [7, 11) is -4.72. The van der Waals surface area contributed by atoms with Gasteiger partial charge in [-0.1, -0.05) is 42.5 Å². The number of benzene rings is 1. The Labute approximate surface area is 121 Å². The predicted molar refractivity (Wildman–Crippen MR) is 57.9 cm³/mol. The maximum atomic E-state index is 11.5. The summed E-state index contributed by atoms with van der Waals surface area (Å²) in [6.45, 7) is 0. The van der Waals surface area contributed by atoms with E-state index in [2.05, 4.69) is 12.2 Å². The summed E-state index contributed by atoms with van der Waals surface area (Å²) in [5.41, 5.74) is 0.156. The molecule has 0 saturated heterocycles. The van der Waals surface area contributed by atoms with E-state index in [4.69, 9.17) is 0 Å². The fourth-order valence-electron chi connectivity index (χ4n) is 1.03. The van der Waals surface area contributed by atoms with Crippen molar-refractivity contribution in [3.05, 3.63) is 35.9 Å². The molecule has 0 aliphatic carbocycles. The molecule has 0 N–H and O–H groups in total. The fourth-order valence-corrected chi connectivity index (χ4v) is 2.09. The van der Waals surface area contributed by atoms with Crippen LogP contribution in [-0.4, -0.2) is 29.4 Å². The predicted octanol–water partition coefficient (Wildman–Crippen LogP) is -2.21. The Morgan fingerprint density at radius 2 is 1.81 bits per heavy atom. The number of hydrogen-bond donors (Lipinski definition) is 0. The largest absolute Gasteiger partial charge is 1.00 e. The average molecular weight is 266 g/mol. The minimum atomic E-state index is -4.72. The van der Waals surface area contributed by atoms with Crippen LogP contribution in [0.3, 0.4) is 0 Å². The Hall–Kier alpha value is -0.110. The SMILES string of the molecule is O=C(c1ccccc1)C(C=S)S(=O)(=O)[O-].[Na+]. The van der Waals surface area contributed by atoms with Crippen LogP contribution in [0.4, 0.5) is 0 Å². The van der Waals surface area contributed by atoms with Gasteiger partial charge in [0.05, 0.1) is 0 Å². The van der Waals surface area contributed by atoms with Gasteiger partial charge in [-0.2, -0.15) is 0 Å². The van der Waals surface area contributed by atoms with Crippen LogP contribution in [0.2, 0.25) is 0 Å². The van der Waals surface area contributed by atoms with Crippen LogP contribution >= 0.6 is 12.2 Å². The number of Topliss-reactive ketones (excluding diaryl/α,β-unsaturated/α-hetero) is 1. The van der Waals surface area contributed by atoms with Crippen LogP contribution < -0.4 is 29.6 Å². The van der Waals surface area contributed by atoms with E-state index in [1.54, 1.807) is 18.2 Å². The number of carbonyl (C=O) groups is 1. The molecule has 1 aromatic carbocycles. The molecule has 0 radical (unpaired) electrons. The van der Waals surface area contributed by atoms with Crippen LogP contribution in [0, 0.1) is 0 Å². The van der Waals surface area contributed by atoms with Gasteiger partial charge in [-0.3, -0.25) is 4.79 Å². The first-order chi connectivity index (χ1) is 6.96. The van der Waals surface area contributed by atoms with Crippen molar-refractivity contribution in [1.29, 1.82) is 0 Å². The third-order valence-electron chi connectivity index (χ3n) is 1.75. The molecule has 16 heavy (non-hydrogen) atoms. The van der Waals surface area contributed by atoms with E-state index in [-0.39, 0.29) is 35.1 Å². The van der Waals surface area contributed by atoms with Crippen LogP contribution in [0.15, 0.2) is 30.3 Å². The molecule has 0 heterocycles. The quantitative estimate of drug-likeness (QED) is 0.267. The minimum absolute atomic E-state index is 0. The van der Waals surface area contributed by atoms with Gasteiger partial charge >= 0.3 is 29.6 Å². The molecule has 0 saturated carbocycles. The van der Waals surface area contributed by atoms with Crippen molar-refractivity contribution in [2.75, 3.05) is 0 Å². The van der Waals surface area contributed by atoms with Crippen molar-refractivity contribution in [2.24, 2.45) is 0 Å². The van der Waals surface area contributed by atoms with Crippen LogP contribution in [0.25, 0.3) is 0 Å². The molecule has 1 aromatic rings. The maximum absolute atomic E-state index is 11.5. The maximum Gasteiger partial charge on any atom is 1.00 e. The van der Waals surface area contributed by atoms with Crippen LogP contribution in [-0.2, 0) is 10.1 Å². The normalized spacial score (nSPS) is 12.3. The molecule has 0 fully saturated rings. The fraction of sp³-hybridized carbons (Fsp3) is 0.111. The summed E-state index contributed by atoms with van der Waals surface area (Å²) >= 11 is 4.37. The summed E-state index contributed by atoms with van der Waals surface area (Å²) in [6, 6.07) is 7.68. The molecular formula is C9H7NaO4S2. The van der Waals surface area contributed by atoms with Gasteiger partial charge in [0.2, 0.25) is 0 Å². The van der Waals surface area contributed by atoms with Gasteiger partial charge in [-0.25, -0.2) is 8.42 Å². The van der Waals surface area contributed by atoms with Gasteiger partial charge in [0.1, 0.15) is 15.4 Å². The van der Waals surface area contributed by atoms with Gasteiger partial charge in [-0.05, 0) is 0 Å². The van der Waals surface area contributed by atoms with Crippen molar-refractivity contribution >= 4 is 33.5 Å². The third kappa shape index (κ3) is 4.04. The molecule has 0 aliphatic rings. The number of hydrogen-bond acceptors (Lipinski definition) is 5. The zero-order chi connectivity index (χ0) is 11.5. The number of rotatable bonds is 4. The van der Waals surface area contributed by atoms with Crippen LogP contribution in [0.1, 0.15) is 10.4 Å². The standard InChI is InChI=1S/C9H8O4S2.Na/c10-9(7-4-2-1-3-5-7)8(6-14)15(11,12)13;/h1-6,8H,(H,11,12,13);/q;+1/p-1. The summed E-state index contributed by atoms with van der Waals surface area (Å²) in [5.74, 6) is -0.791. The molecule has 0 amide bonds. The van der Waals surface area contributed by atoms with Gasteiger partial charge in [0, 0.05) is 10.9 Å². The van der Waals surface area contributed by atoms with E-state index in [0.717, 1.165) is 0 Å². The molecule has 0 bridgehead atoms. The monoisotopic (exact) mass is 266 g/mol. The van der Waals surface area contributed by atoms with Crippen molar-refractivity contribution in [3.63, 3.8) is 0 Å². The molecule has 0 aromatic heterocycles. The van der Waals surface area contributed by atoms with Gasteiger partial charge in [0.15, 0.2) is 5.78 Å². The van der Waals surface area contributed by atoms with Crippen molar-refractivity contribution in [1.82, 2.24) is 0 Å². The van der Waals surface area contributed by atoms with Gasteiger partial charge in [0.25, 0.3) is 0 Å². The molecule has 1 rings (SSSR count). The topological polar surface area (TPSA) is 74.3 Å². The van der Waals surface area contributed by atoms with Gasteiger partial charge in [-0.15, -0.1) is 0 Å². The zero-order valence-electron chi connectivity index (χ0n) is 8.49. The summed E-state index contributed by atoms with van der Waals surface area (Å²) in [4.78, 5) is 11.5. The molecule has 7 heteroatoms. The second-order valence-corrected chi connectivity index (χ2v) is 4.55. The molecule has 80 valence electrons. The Balaban J connectivity index is 0.00000225. The third-order valence-corrected chi connectivity index (χ3v) is 3.17. The Kier molecular flexibility index (Phi) is 6.54. The van der Waals surface area contributed by atoms with E-state index in [9.17, 15) is 17.8 Å². The number of thiocarbonyl (C=S) groups is 1. The van der Waals surface area contributed by atoms with Gasteiger partial charge < -0.3 is 4.55 Å². The van der Waals surface area contributed by atoms with Crippen molar-refractivity contribution in [2.45, 2.75) is 5.25 Å². The molecule has 1 atom stereocenters. The zero-order valence-corrected chi connectivity index (χ0v) is 12.1. The first-order valence-corrected chi connectivity index (χ1v) is 5.90. The average Bonchev–Trinajstić information content (AvgIpc) is 2.18. The molecule has 0 aliphatic heterocycles. The second kappa shape index (κ2) is 6.58. The number of carbonyl (C=O) groups excluding carboxylic acids is 1. The molecule has 0 spiro atoms. The summed E-state index contributed by atoms with van der Waals surface area (Å²) in [6.07, 6.45) is 0. The Bertz CT molecular complexity index is 470. The van der Waals surface area contributed by atoms with E-state index in [1.807, 2.05) is 0 Å². The smallest absolute Gasteiger partial charge is 0.747 e. The van der Waals surface area contributed by atoms with Crippen molar-refractivity contribution < 1.29 is 47.3 Å². The van der Waals surface area contributed by atoms with Crippen molar-refractivity contribution in [3.8, 4) is 0 Å². The first-order valence-electron chi connectivity index (χ1n) is 3.96. The van der Waals surface area contributed by atoms with E-state index in [1.165, 1.54) is 12.1 Å². The van der Waals surface area contributed by atoms with E-state index >= 15 is 0 Å². The minimum Gasteiger partial charge on any atom is -0.747 e. The molecule has 1 unspecified atom stereocenters. The van der Waals surface area contributed by atoms with E-state index in [0.29, 0.717) is 5.37 Å². The molecular weight excluding hydrogens is 259 g/mol. The first kappa shape index (κ1) is 15.9. The summed E-state index contributed by atoms with van der Waals surface area (Å²) in [5, 5.41) is -1.10. The Morgan fingerprint density at radius 1 is 1.31 bits per heavy atom. The van der Waals surface area contributed by atoms with Crippen LogP contribution in [0.5, 0.6) is 0 Å². The summed E-state index contributed by atoms with van der Waals surface area (Å²) < 4.78 is 32.1. The Morgan fingerprint density at radius 3 is 2.19 bits per heavy atom.